The number of carbonyl (C=O) groups is 1. The summed E-state index contributed by atoms with van der Waals surface area (Å²) in [5.41, 5.74) is -0.578. The van der Waals surface area contributed by atoms with Gasteiger partial charge in [0.05, 0.1) is 0 Å². The molecule has 5 heteroatoms. The van der Waals surface area contributed by atoms with Gasteiger partial charge in [0.2, 0.25) is 0 Å². The molecule has 2 rings (SSSR count). The fourth-order valence-electron chi connectivity index (χ4n) is 1.64. The van der Waals surface area contributed by atoms with Gasteiger partial charge in [-0.25, -0.2) is 9.18 Å². The second-order valence-corrected chi connectivity index (χ2v) is 4.73. The Kier molecular flexibility index (Phi) is 3.64. The molecule has 1 amide bonds. The van der Waals surface area contributed by atoms with Crippen molar-refractivity contribution in [3.63, 3.8) is 0 Å². The molecule has 0 fully saturated rings. The van der Waals surface area contributed by atoms with Crippen LogP contribution in [0.4, 0.5) is 4.39 Å². The zero-order valence-corrected chi connectivity index (χ0v) is 10.7. The number of amides is 1. The first-order chi connectivity index (χ1) is 8.97. The van der Waals surface area contributed by atoms with E-state index in [1.165, 1.54) is 24.3 Å². The van der Waals surface area contributed by atoms with E-state index in [1.807, 2.05) is 13.8 Å². The first-order valence-electron chi connectivity index (χ1n) is 5.99. The first-order valence-corrected chi connectivity index (χ1v) is 5.99. The quantitative estimate of drug-likeness (QED) is 0.864. The molecule has 1 heterocycles. The molecule has 0 saturated heterocycles. The van der Waals surface area contributed by atoms with Gasteiger partial charge in [-0.1, -0.05) is 13.8 Å². The minimum atomic E-state index is -0.722. The average molecular weight is 263 g/mol. The standard InChI is InChI=1S/C14H14FNO3/c1-8(2)7-16-13(17)11-6-9-5-10(15)3-4-12(9)19-14(11)18/h3-6,8H,7H2,1-2H3,(H,16,17). The van der Waals surface area contributed by atoms with Gasteiger partial charge in [-0.2, -0.15) is 0 Å². The Bertz CT molecular complexity index is 676. The van der Waals surface area contributed by atoms with E-state index >= 15 is 0 Å². The van der Waals surface area contributed by atoms with Crippen LogP contribution >= 0.6 is 0 Å². The summed E-state index contributed by atoms with van der Waals surface area (Å²) in [5.74, 6) is -0.683. The van der Waals surface area contributed by atoms with Gasteiger partial charge in [-0.15, -0.1) is 0 Å². The van der Waals surface area contributed by atoms with E-state index in [9.17, 15) is 14.0 Å². The van der Waals surface area contributed by atoms with Crippen LogP contribution in [0.2, 0.25) is 0 Å². The summed E-state index contributed by atoms with van der Waals surface area (Å²) < 4.78 is 18.1. The topological polar surface area (TPSA) is 59.3 Å². The molecule has 1 aromatic carbocycles. The second kappa shape index (κ2) is 5.22. The van der Waals surface area contributed by atoms with Gasteiger partial charge in [-0.05, 0) is 30.2 Å². The maximum Gasteiger partial charge on any atom is 0.349 e. The minimum absolute atomic E-state index is 0.112. The van der Waals surface area contributed by atoms with Gasteiger partial charge >= 0.3 is 5.63 Å². The fraction of sp³-hybridized carbons (Fsp3) is 0.286. The molecule has 2 aromatic rings. The number of benzene rings is 1. The van der Waals surface area contributed by atoms with Crippen molar-refractivity contribution in [2.24, 2.45) is 5.92 Å². The number of fused-ring (bicyclic) bond motifs is 1. The van der Waals surface area contributed by atoms with Gasteiger partial charge in [0.1, 0.15) is 17.0 Å². The molecule has 0 radical (unpaired) electrons. The molecule has 0 aliphatic rings. The van der Waals surface area contributed by atoms with Crippen molar-refractivity contribution in [1.29, 1.82) is 0 Å². The molecular formula is C14H14FNO3. The monoisotopic (exact) mass is 263 g/mol. The number of nitrogens with one attached hydrogen (secondary N) is 1. The van der Waals surface area contributed by atoms with Crippen LogP contribution < -0.4 is 10.9 Å². The van der Waals surface area contributed by atoms with Gasteiger partial charge in [-0.3, -0.25) is 4.79 Å². The fourth-order valence-corrected chi connectivity index (χ4v) is 1.64. The van der Waals surface area contributed by atoms with Crippen LogP contribution in [-0.4, -0.2) is 12.5 Å². The van der Waals surface area contributed by atoms with E-state index in [0.29, 0.717) is 11.9 Å². The first kappa shape index (κ1) is 13.3. The Morgan fingerprint density at radius 3 is 2.79 bits per heavy atom. The van der Waals surface area contributed by atoms with Gasteiger partial charge in [0, 0.05) is 11.9 Å². The lowest BCUT2D eigenvalue weighted by atomic mass is 10.1. The van der Waals surface area contributed by atoms with E-state index in [-0.39, 0.29) is 17.1 Å². The number of hydrogen-bond acceptors (Lipinski definition) is 3. The Morgan fingerprint density at radius 1 is 1.37 bits per heavy atom. The summed E-state index contributed by atoms with van der Waals surface area (Å²) in [6.07, 6.45) is 0. The third kappa shape index (κ3) is 2.99. The molecule has 0 atom stereocenters. The Balaban J connectivity index is 2.40. The molecule has 0 saturated carbocycles. The van der Waals surface area contributed by atoms with Crippen molar-refractivity contribution >= 4 is 16.9 Å². The highest BCUT2D eigenvalue weighted by atomic mass is 19.1. The summed E-state index contributed by atoms with van der Waals surface area (Å²) in [7, 11) is 0. The molecule has 0 bridgehead atoms. The highest BCUT2D eigenvalue weighted by molar-refractivity contribution is 5.96. The van der Waals surface area contributed by atoms with E-state index in [2.05, 4.69) is 5.32 Å². The number of rotatable bonds is 3. The highest BCUT2D eigenvalue weighted by Gasteiger charge is 2.13. The molecule has 1 aromatic heterocycles. The third-order valence-electron chi connectivity index (χ3n) is 2.61. The summed E-state index contributed by atoms with van der Waals surface area (Å²) in [5, 5.41) is 3.01. The third-order valence-corrected chi connectivity index (χ3v) is 2.61. The summed E-state index contributed by atoms with van der Waals surface area (Å²) in [6.45, 7) is 4.34. The minimum Gasteiger partial charge on any atom is -0.422 e. The van der Waals surface area contributed by atoms with E-state index in [0.717, 1.165) is 0 Å². The van der Waals surface area contributed by atoms with Gasteiger partial charge in [0.15, 0.2) is 0 Å². The number of carbonyl (C=O) groups excluding carboxylic acids is 1. The predicted octanol–water partition coefficient (Wildman–Crippen LogP) is 2.32. The summed E-state index contributed by atoms with van der Waals surface area (Å²) in [6, 6.07) is 5.13. The molecule has 4 nitrogen and oxygen atoms in total. The van der Waals surface area contributed by atoms with Crippen molar-refractivity contribution in [1.82, 2.24) is 5.32 Å². The molecule has 1 N–H and O–H groups in total. The van der Waals surface area contributed by atoms with Crippen LogP contribution in [0.3, 0.4) is 0 Å². The Hall–Kier alpha value is -2.17. The number of hydrogen-bond donors (Lipinski definition) is 1. The lowest BCUT2D eigenvalue weighted by Gasteiger charge is -2.07. The largest absolute Gasteiger partial charge is 0.422 e. The van der Waals surface area contributed by atoms with Crippen LogP contribution in [0.1, 0.15) is 24.2 Å². The van der Waals surface area contributed by atoms with Crippen molar-refractivity contribution < 1.29 is 13.6 Å². The van der Waals surface area contributed by atoms with Crippen molar-refractivity contribution in [3.8, 4) is 0 Å². The predicted molar refractivity (Wildman–Crippen MR) is 69.6 cm³/mol. The van der Waals surface area contributed by atoms with E-state index in [1.54, 1.807) is 0 Å². The summed E-state index contributed by atoms with van der Waals surface area (Å²) in [4.78, 5) is 23.5. The maximum absolute atomic E-state index is 13.1. The second-order valence-electron chi connectivity index (χ2n) is 4.73. The van der Waals surface area contributed by atoms with Crippen LogP contribution in [0, 0.1) is 11.7 Å². The lowest BCUT2D eigenvalue weighted by Crippen LogP contribution is -2.31. The van der Waals surface area contributed by atoms with Crippen molar-refractivity contribution in [2.75, 3.05) is 6.54 Å². The van der Waals surface area contributed by atoms with Crippen molar-refractivity contribution in [3.05, 3.63) is 46.1 Å². The molecule has 0 spiro atoms. The highest BCUT2D eigenvalue weighted by Crippen LogP contribution is 2.14. The zero-order valence-electron chi connectivity index (χ0n) is 10.7. The molecule has 19 heavy (non-hydrogen) atoms. The molecular weight excluding hydrogens is 249 g/mol. The van der Waals surface area contributed by atoms with Crippen LogP contribution in [-0.2, 0) is 0 Å². The van der Waals surface area contributed by atoms with Crippen LogP contribution in [0.25, 0.3) is 11.0 Å². The lowest BCUT2D eigenvalue weighted by molar-refractivity contribution is 0.0945. The van der Waals surface area contributed by atoms with Crippen LogP contribution in [0.15, 0.2) is 33.5 Å². The maximum atomic E-state index is 13.1. The number of halogens is 1. The smallest absolute Gasteiger partial charge is 0.349 e. The zero-order chi connectivity index (χ0) is 14.0. The Labute approximate surface area is 109 Å². The Morgan fingerprint density at radius 2 is 2.11 bits per heavy atom. The van der Waals surface area contributed by atoms with Gasteiger partial charge in [0.25, 0.3) is 5.91 Å². The molecule has 0 unspecified atom stereocenters. The molecule has 100 valence electrons. The van der Waals surface area contributed by atoms with E-state index in [4.69, 9.17) is 4.42 Å². The molecule has 0 aliphatic heterocycles. The summed E-state index contributed by atoms with van der Waals surface area (Å²) >= 11 is 0. The van der Waals surface area contributed by atoms with Gasteiger partial charge < -0.3 is 9.73 Å². The molecule has 0 aliphatic carbocycles. The van der Waals surface area contributed by atoms with Crippen LogP contribution in [0.5, 0.6) is 0 Å². The average Bonchev–Trinajstić information content (AvgIpc) is 2.35. The SMILES string of the molecule is CC(C)CNC(=O)c1cc2cc(F)ccc2oc1=O. The van der Waals surface area contributed by atoms with Crippen molar-refractivity contribution in [2.45, 2.75) is 13.8 Å². The van der Waals surface area contributed by atoms with E-state index < -0.39 is 17.3 Å². The normalized spacial score (nSPS) is 10.9.